The molecule has 0 spiro atoms. The van der Waals surface area contributed by atoms with Gasteiger partial charge >= 0.3 is 6.09 Å². The molecule has 4 N–H and O–H groups in total. The summed E-state index contributed by atoms with van der Waals surface area (Å²) in [7, 11) is 0. The van der Waals surface area contributed by atoms with Crippen LogP contribution in [0, 0.1) is 0 Å². The van der Waals surface area contributed by atoms with Crippen LogP contribution in [0.1, 0.15) is 105 Å². The quantitative estimate of drug-likeness (QED) is 0.306. The molecule has 0 saturated heterocycles. The molecule has 38 heavy (non-hydrogen) atoms. The summed E-state index contributed by atoms with van der Waals surface area (Å²) < 4.78 is 5.38. The third-order valence-electron chi connectivity index (χ3n) is 6.46. The fourth-order valence-electron chi connectivity index (χ4n) is 3.95. The standard InChI is InChI=1S/C29H48N4O5/c1-9-12-19-31-25(35)24(21-15-13-20(10-2)14-16-21)33(29(7,8)11-3)26(36)22(17-18-23(30)34)32-27(37)38-28(4,5)6/h13-16,22,24H,9-12,17-19H2,1-8H3,(H2,30,34)(H,31,35)(H,32,37). The number of alkyl carbamates (subject to hydrolysis) is 1. The van der Waals surface area contributed by atoms with Crippen LogP contribution in [0.3, 0.4) is 0 Å². The molecule has 2 unspecified atom stereocenters. The molecule has 0 radical (unpaired) electrons. The van der Waals surface area contributed by atoms with Crippen molar-refractivity contribution in [3.63, 3.8) is 0 Å². The Kier molecular flexibility index (Phi) is 12.8. The zero-order valence-electron chi connectivity index (χ0n) is 24.5. The van der Waals surface area contributed by atoms with Crippen LogP contribution in [0.25, 0.3) is 0 Å². The van der Waals surface area contributed by atoms with Crippen LogP contribution in [0.5, 0.6) is 0 Å². The summed E-state index contributed by atoms with van der Waals surface area (Å²) in [5.41, 5.74) is 5.60. The minimum absolute atomic E-state index is 0.0251. The fourth-order valence-corrected chi connectivity index (χ4v) is 3.95. The van der Waals surface area contributed by atoms with Crippen LogP contribution in [0.4, 0.5) is 4.79 Å². The number of benzene rings is 1. The van der Waals surface area contributed by atoms with Crippen LogP contribution in [-0.4, -0.2) is 52.4 Å². The molecule has 1 aromatic rings. The Hall–Kier alpha value is -3.10. The smallest absolute Gasteiger partial charge is 0.408 e. The number of amides is 4. The number of hydrogen-bond donors (Lipinski definition) is 3. The highest BCUT2D eigenvalue weighted by Crippen LogP contribution is 2.33. The summed E-state index contributed by atoms with van der Waals surface area (Å²) in [5.74, 6) is -1.39. The molecule has 0 aliphatic rings. The molecule has 0 bridgehead atoms. The van der Waals surface area contributed by atoms with E-state index in [-0.39, 0.29) is 18.7 Å². The molecule has 0 heterocycles. The van der Waals surface area contributed by atoms with Gasteiger partial charge in [0, 0.05) is 18.5 Å². The van der Waals surface area contributed by atoms with E-state index in [9.17, 15) is 19.2 Å². The minimum Gasteiger partial charge on any atom is -0.444 e. The molecule has 0 fully saturated rings. The SMILES string of the molecule is CCCCNC(=O)C(c1ccc(CC)cc1)N(C(=O)C(CCC(N)=O)NC(=O)OC(C)(C)C)C(C)(C)CC. The Labute approximate surface area is 228 Å². The fraction of sp³-hybridized carbons (Fsp3) is 0.655. The molecule has 0 aliphatic heterocycles. The van der Waals surface area contributed by atoms with E-state index < -0.39 is 41.1 Å². The van der Waals surface area contributed by atoms with Gasteiger partial charge in [-0.15, -0.1) is 0 Å². The van der Waals surface area contributed by atoms with Gasteiger partial charge < -0.3 is 26.0 Å². The molecule has 214 valence electrons. The van der Waals surface area contributed by atoms with Crippen LogP contribution in [-0.2, 0) is 25.5 Å². The lowest BCUT2D eigenvalue weighted by Crippen LogP contribution is -2.59. The molecule has 1 rings (SSSR count). The third-order valence-corrected chi connectivity index (χ3v) is 6.46. The Morgan fingerprint density at radius 1 is 1.00 bits per heavy atom. The second-order valence-electron chi connectivity index (χ2n) is 11.2. The second-order valence-corrected chi connectivity index (χ2v) is 11.2. The lowest BCUT2D eigenvalue weighted by molar-refractivity contribution is -0.149. The maximum atomic E-state index is 14.3. The van der Waals surface area contributed by atoms with E-state index in [0.29, 0.717) is 18.5 Å². The average Bonchev–Trinajstić information content (AvgIpc) is 2.83. The van der Waals surface area contributed by atoms with Crippen molar-refractivity contribution in [2.45, 2.75) is 117 Å². The van der Waals surface area contributed by atoms with E-state index in [2.05, 4.69) is 10.6 Å². The first-order valence-corrected chi connectivity index (χ1v) is 13.6. The highest BCUT2D eigenvalue weighted by molar-refractivity contribution is 5.93. The highest BCUT2D eigenvalue weighted by atomic mass is 16.6. The van der Waals surface area contributed by atoms with Gasteiger partial charge in [-0.05, 0) is 71.4 Å². The van der Waals surface area contributed by atoms with Gasteiger partial charge in [-0.1, -0.05) is 51.5 Å². The van der Waals surface area contributed by atoms with Gasteiger partial charge in [0.2, 0.25) is 17.7 Å². The molecule has 9 heteroatoms. The minimum atomic E-state index is -1.12. The maximum absolute atomic E-state index is 14.3. The van der Waals surface area contributed by atoms with Gasteiger partial charge in [0.15, 0.2) is 0 Å². The van der Waals surface area contributed by atoms with E-state index >= 15 is 0 Å². The topological polar surface area (TPSA) is 131 Å². The average molecular weight is 533 g/mol. The first-order chi connectivity index (χ1) is 17.7. The molecular weight excluding hydrogens is 484 g/mol. The largest absolute Gasteiger partial charge is 0.444 e. The van der Waals surface area contributed by atoms with Crippen molar-refractivity contribution in [1.82, 2.24) is 15.5 Å². The third kappa shape index (κ3) is 10.3. The molecule has 0 saturated carbocycles. The predicted molar refractivity (Wildman–Crippen MR) is 149 cm³/mol. The Bertz CT molecular complexity index is 937. The Morgan fingerprint density at radius 3 is 2.08 bits per heavy atom. The first-order valence-electron chi connectivity index (χ1n) is 13.6. The molecular formula is C29H48N4O5. The van der Waals surface area contributed by atoms with E-state index in [1.54, 1.807) is 20.8 Å². The molecule has 1 aromatic carbocycles. The van der Waals surface area contributed by atoms with E-state index in [1.807, 2.05) is 58.9 Å². The number of nitrogens with zero attached hydrogens (tertiary/aromatic N) is 1. The number of ether oxygens (including phenoxy) is 1. The number of carbonyl (C=O) groups is 4. The predicted octanol–water partition coefficient (Wildman–Crippen LogP) is 4.38. The zero-order valence-corrected chi connectivity index (χ0v) is 24.5. The summed E-state index contributed by atoms with van der Waals surface area (Å²) in [5, 5.41) is 5.61. The van der Waals surface area contributed by atoms with Gasteiger partial charge in [0.1, 0.15) is 17.7 Å². The Balaban J connectivity index is 3.61. The molecule has 0 aromatic heterocycles. The number of nitrogens with two attached hydrogens (primary N) is 1. The van der Waals surface area contributed by atoms with Crippen molar-refractivity contribution in [1.29, 1.82) is 0 Å². The summed E-state index contributed by atoms with van der Waals surface area (Å²) in [6, 6.07) is 5.57. The normalized spacial score (nSPS) is 13.3. The van der Waals surface area contributed by atoms with Crippen molar-refractivity contribution in [3.05, 3.63) is 35.4 Å². The van der Waals surface area contributed by atoms with Gasteiger partial charge in [-0.3, -0.25) is 14.4 Å². The summed E-state index contributed by atoms with van der Waals surface area (Å²) in [6.45, 7) is 15.4. The van der Waals surface area contributed by atoms with E-state index in [4.69, 9.17) is 10.5 Å². The number of unbranched alkanes of at least 4 members (excludes halogenated alkanes) is 1. The highest BCUT2D eigenvalue weighted by Gasteiger charge is 2.43. The summed E-state index contributed by atoms with van der Waals surface area (Å²) >= 11 is 0. The zero-order chi connectivity index (χ0) is 29.1. The number of primary amides is 1. The van der Waals surface area contributed by atoms with Crippen molar-refractivity contribution in [2.24, 2.45) is 5.73 Å². The number of hydrogen-bond acceptors (Lipinski definition) is 5. The van der Waals surface area contributed by atoms with Gasteiger partial charge in [0.05, 0.1) is 0 Å². The van der Waals surface area contributed by atoms with Gasteiger partial charge in [-0.2, -0.15) is 0 Å². The number of nitrogens with one attached hydrogen (secondary N) is 2. The van der Waals surface area contributed by atoms with Crippen LogP contribution >= 0.6 is 0 Å². The molecule has 4 amide bonds. The first kappa shape index (κ1) is 32.9. The molecule has 0 aliphatic carbocycles. The van der Waals surface area contributed by atoms with E-state index in [1.165, 1.54) is 4.90 Å². The molecule has 9 nitrogen and oxygen atoms in total. The second kappa shape index (κ2) is 14.7. The van der Waals surface area contributed by atoms with Gasteiger partial charge in [-0.25, -0.2) is 4.79 Å². The van der Waals surface area contributed by atoms with Crippen LogP contribution in [0.15, 0.2) is 24.3 Å². The number of aryl methyl sites for hydroxylation is 1. The Morgan fingerprint density at radius 2 is 1.61 bits per heavy atom. The molecule has 2 atom stereocenters. The van der Waals surface area contributed by atoms with Crippen molar-refractivity contribution < 1.29 is 23.9 Å². The van der Waals surface area contributed by atoms with Crippen molar-refractivity contribution in [2.75, 3.05) is 6.54 Å². The lowest BCUT2D eigenvalue weighted by atomic mass is 9.91. The maximum Gasteiger partial charge on any atom is 0.408 e. The summed E-state index contributed by atoms with van der Waals surface area (Å²) in [6.07, 6.45) is 2.17. The summed E-state index contributed by atoms with van der Waals surface area (Å²) in [4.78, 5) is 53.8. The number of rotatable bonds is 14. The van der Waals surface area contributed by atoms with Crippen molar-refractivity contribution >= 4 is 23.8 Å². The van der Waals surface area contributed by atoms with Gasteiger partial charge in [0.25, 0.3) is 0 Å². The lowest BCUT2D eigenvalue weighted by Gasteiger charge is -2.44. The monoisotopic (exact) mass is 532 g/mol. The van der Waals surface area contributed by atoms with Crippen LogP contribution < -0.4 is 16.4 Å². The number of carbonyl (C=O) groups excluding carboxylic acids is 4. The van der Waals surface area contributed by atoms with Crippen molar-refractivity contribution in [3.8, 4) is 0 Å². The van der Waals surface area contributed by atoms with Crippen LogP contribution in [0.2, 0.25) is 0 Å². The van der Waals surface area contributed by atoms with E-state index in [0.717, 1.165) is 24.8 Å².